The van der Waals surface area contributed by atoms with Crippen LogP contribution in [0.3, 0.4) is 0 Å². The molecule has 0 aliphatic carbocycles. The number of nitrogens with two attached hydrogens (primary N) is 2. The molecule has 0 radical (unpaired) electrons. The average molecular weight is 556 g/mol. The number of ether oxygens (including phenoxy) is 1. The first kappa shape index (κ1) is 28.1. The molecule has 0 spiro atoms. The standard InChI is InChI=1S/C26H34ClN9O3/c1-35-13-10-30-20(35)14-31-21(37)16-39-19-8-6-17(7-9-19)4-2-11-36-12-3-5-18(15-36)32-26(38)22-24(28)34-25(29)23(27)33-22/h6-10,13,18H,2-5,11-12,14-16H2,1H3,(H,31,37)(H,32,38)(H4,28,29,34). The number of piperidine rings is 1. The first-order valence-corrected chi connectivity index (χ1v) is 13.2. The molecule has 1 fully saturated rings. The fourth-order valence-electron chi connectivity index (χ4n) is 4.44. The molecule has 3 heterocycles. The van der Waals surface area contributed by atoms with E-state index in [-0.39, 0.29) is 41.0 Å². The van der Waals surface area contributed by atoms with Gasteiger partial charge < -0.3 is 36.3 Å². The van der Waals surface area contributed by atoms with Crippen molar-refractivity contribution in [1.82, 2.24) is 35.1 Å². The van der Waals surface area contributed by atoms with Crippen molar-refractivity contribution in [2.75, 3.05) is 37.7 Å². The zero-order chi connectivity index (χ0) is 27.8. The molecule has 1 atom stereocenters. The number of hydrogen-bond donors (Lipinski definition) is 4. The highest BCUT2D eigenvalue weighted by Crippen LogP contribution is 2.19. The predicted octanol–water partition coefficient (Wildman–Crippen LogP) is 1.55. The zero-order valence-electron chi connectivity index (χ0n) is 21.9. The monoisotopic (exact) mass is 555 g/mol. The van der Waals surface area contributed by atoms with Crippen molar-refractivity contribution in [2.45, 2.75) is 38.3 Å². The van der Waals surface area contributed by atoms with Crippen LogP contribution in [-0.2, 0) is 24.8 Å². The van der Waals surface area contributed by atoms with Crippen molar-refractivity contribution < 1.29 is 14.3 Å². The number of likely N-dealkylation sites (tertiary alicyclic amines) is 1. The maximum Gasteiger partial charge on any atom is 0.274 e. The van der Waals surface area contributed by atoms with Crippen molar-refractivity contribution in [2.24, 2.45) is 7.05 Å². The Morgan fingerprint density at radius 3 is 2.72 bits per heavy atom. The molecule has 1 aliphatic heterocycles. The van der Waals surface area contributed by atoms with Crippen LogP contribution in [0.25, 0.3) is 0 Å². The molecule has 208 valence electrons. The number of carbonyl (C=O) groups excluding carboxylic acids is 2. The number of nitrogens with zero attached hydrogens (tertiary/aromatic N) is 5. The summed E-state index contributed by atoms with van der Waals surface area (Å²) in [6.45, 7) is 2.95. The summed E-state index contributed by atoms with van der Waals surface area (Å²) in [5.74, 6) is 0.779. The summed E-state index contributed by atoms with van der Waals surface area (Å²) >= 11 is 5.90. The van der Waals surface area contributed by atoms with Crippen LogP contribution in [0.4, 0.5) is 11.6 Å². The number of halogens is 1. The van der Waals surface area contributed by atoms with Gasteiger partial charge in [-0.15, -0.1) is 0 Å². The lowest BCUT2D eigenvalue weighted by Gasteiger charge is -2.33. The second kappa shape index (κ2) is 13.3. The van der Waals surface area contributed by atoms with Gasteiger partial charge in [0.1, 0.15) is 11.6 Å². The van der Waals surface area contributed by atoms with E-state index in [1.165, 1.54) is 5.56 Å². The highest BCUT2D eigenvalue weighted by Gasteiger charge is 2.24. The lowest BCUT2D eigenvalue weighted by molar-refractivity contribution is -0.123. The van der Waals surface area contributed by atoms with Crippen LogP contribution in [-0.4, -0.2) is 68.5 Å². The minimum absolute atomic E-state index is 0.00318. The molecule has 2 amide bonds. The minimum Gasteiger partial charge on any atom is -0.484 e. The molecule has 2 aromatic heterocycles. The molecule has 4 rings (SSSR count). The molecule has 12 nitrogen and oxygen atoms in total. The first-order chi connectivity index (χ1) is 18.8. The third-order valence-electron chi connectivity index (χ3n) is 6.56. The van der Waals surface area contributed by atoms with E-state index in [2.05, 4.69) is 30.5 Å². The van der Waals surface area contributed by atoms with E-state index in [1.54, 1.807) is 6.20 Å². The van der Waals surface area contributed by atoms with Crippen molar-refractivity contribution in [1.29, 1.82) is 0 Å². The van der Waals surface area contributed by atoms with Gasteiger partial charge in [0.2, 0.25) is 0 Å². The summed E-state index contributed by atoms with van der Waals surface area (Å²) in [6, 6.07) is 7.78. The Morgan fingerprint density at radius 1 is 1.18 bits per heavy atom. The number of rotatable bonds is 11. The zero-order valence-corrected chi connectivity index (χ0v) is 22.7. The van der Waals surface area contributed by atoms with Crippen LogP contribution >= 0.6 is 11.6 Å². The van der Waals surface area contributed by atoms with Gasteiger partial charge in [0, 0.05) is 32.0 Å². The number of imidazole rings is 1. The predicted molar refractivity (Wildman–Crippen MR) is 148 cm³/mol. The summed E-state index contributed by atoms with van der Waals surface area (Å²) in [4.78, 5) is 39.1. The Bertz CT molecular complexity index is 1280. The fourth-order valence-corrected chi connectivity index (χ4v) is 4.57. The minimum atomic E-state index is -0.401. The van der Waals surface area contributed by atoms with Crippen LogP contribution in [0, 0.1) is 0 Å². The van der Waals surface area contributed by atoms with Gasteiger partial charge in [-0.05, 0) is 56.5 Å². The van der Waals surface area contributed by atoms with Gasteiger partial charge in [0.15, 0.2) is 29.1 Å². The van der Waals surface area contributed by atoms with Crippen LogP contribution in [0.1, 0.15) is 41.1 Å². The number of anilines is 2. The molecular formula is C26H34ClN9O3. The van der Waals surface area contributed by atoms with Crippen LogP contribution in [0.2, 0.25) is 5.15 Å². The van der Waals surface area contributed by atoms with Gasteiger partial charge >= 0.3 is 0 Å². The molecule has 1 saturated heterocycles. The summed E-state index contributed by atoms with van der Waals surface area (Å²) in [7, 11) is 1.88. The van der Waals surface area contributed by atoms with Crippen LogP contribution < -0.4 is 26.8 Å². The molecule has 1 aliphatic rings. The third kappa shape index (κ3) is 8.04. The molecule has 39 heavy (non-hydrogen) atoms. The molecular weight excluding hydrogens is 522 g/mol. The summed E-state index contributed by atoms with van der Waals surface area (Å²) < 4.78 is 7.46. The number of amides is 2. The average Bonchev–Trinajstić information content (AvgIpc) is 3.33. The molecule has 6 N–H and O–H groups in total. The van der Waals surface area contributed by atoms with E-state index in [0.717, 1.165) is 51.1 Å². The van der Waals surface area contributed by atoms with Gasteiger partial charge in [0.25, 0.3) is 11.8 Å². The number of benzene rings is 1. The van der Waals surface area contributed by atoms with Gasteiger partial charge in [-0.1, -0.05) is 23.7 Å². The molecule has 3 aromatic rings. The van der Waals surface area contributed by atoms with Crippen LogP contribution in [0.5, 0.6) is 5.75 Å². The Morgan fingerprint density at radius 2 is 1.97 bits per heavy atom. The quantitative estimate of drug-likeness (QED) is 0.274. The third-order valence-corrected chi connectivity index (χ3v) is 6.84. The second-order valence-electron chi connectivity index (χ2n) is 9.51. The van der Waals surface area contributed by atoms with E-state index < -0.39 is 5.91 Å². The number of aryl methyl sites for hydroxylation is 2. The van der Waals surface area contributed by atoms with Crippen LogP contribution in [0.15, 0.2) is 36.7 Å². The van der Waals surface area contributed by atoms with Gasteiger partial charge in [-0.2, -0.15) is 0 Å². The SMILES string of the molecule is Cn1ccnc1CNC(=O)COc1ccc(CCCN2CCCC(NC(=O)c3nc(Cl)c(N)nc3N)C2)cc1. The Balaban J connectivity index is 1.15. The molecule has 13 heteroatoms. The fraction of sp³-hybridized carbons (Fsp3) is 0.423. The maximum atomic E-state index is 12.7. The van der Waals surface area contributed by atoms with Gasteiger partial charge in [-0.3, -0.25) is 9.59 Å². The number of hydrogen-bond acceptors (Lipinski definition) is 9. The van der Waals surface area contributed by atoms with Crippen molar-refractivity contribution in [3.8, 4) is 5.75 Å². The van der Waals surface area contributed by atoms with E-state index >= 15 is 0 Å². The maximum absolute atomic E-state index is 12.7. The Labute approximate surface area is 232 Å². The number of nitrogens with one attached hydrogen (secondary N) is 2. The highest BCUT2D eigenvalue weighted by atomic mass is 35.5. The van der Waals surface area contributed by atoms with Crippen molar-refractivity contribution in [3.05, 3.63) is 58.9 Å². The molecule has 0 saturated carbocycles. The number of carbonyl (C=O) groups is 2. The molecule has 1 aromatic carbocycles. The van der Waals surface area contributed by atoms with Crippen molar-refractivity contribution >= 4 is 35.1 Å². The summed E-state index contributed by atoms with van der Waals surface area (Å²) in [6.07, 6.45) is 7.26. The van der Waals surface area contributed by atoms with E-state index in [9.17, 15) is 9.59 Å². The Hall–Kier alpha value is -3.90. The second-order valence-corrected chi connectivity index (χ2v) is 9.87. The highest BCUT2D eigenvalue weighted by molar-refractivity contribution is 6.31. The number of aromatic nitrogens is 4. The van der Waals surface area contributed by atoms with Gasteiger partial charge in [0.05, 0.1) is 6.54 Å². The first-order valence-electron chi connectivity index (χ1n) is 12.8. The van der Waals surface area contributed by atoms with E-state index in [4.69, 9.17) is 27.8 Å². The number of nitrogen functional groups attached to an aromatic ring is 2. The molecule has 1 unspecified atom stereocenters. The lowest BCUT2D eigenvalue weighted by Crippen LogP contribution is -2.48. The summed E-state index contributed by atoms with van der Waals surface area (Å²) in [5, 5.41) is 5.75. The largest absolute Gasteiger partial charge is 0.484 e. The van der Waals surface area contributed by atoms with Crippen molar-refractivity contribution in [3.63, 3.8) is 0 Å². The Kier molecular flexibility index (Phi) is 9.55. The summed E-state index contributed by atoms with van der Waals surface area (Å²) in [5.41, 5.74) is 12.6. The van der Waals surface area contributed by atoms with Gasteiger partial charge in [-0.25, -0.2) is 15.0 Å². The topological polar surface area (TPSA) is 166 Å². The smallest absolute Gasteiger partial charge is 0.274 e. The molecule has 0 bridgehead atoms. The lowest BCUT2D eigenvalue weighted by atomic mass is 10.0. The van der Waals surface area contributed by atoms with E-state index in [1.807, 2.05) is 42.1 Å². The normalized spacial score (nSPS) is 15.6. The van der Waals surface area contributed by atoms with E-state index in [0.29, 0.717) is 12.3 Å².